The average molecular weight is 275 g/mol. The van der Waals surface area contributed by atoms with E-state index in [1.807, 2.05) is 12.1 Å². The van der Waals surface area contributed by atoms with Crippen LogP contribution in [0.2, 0.25) is 5.02 Å². The van der Waals surface area contributed by atoms with E-state index in [2.05, 4.69) is 11.4 Å². The molecule has 2 saturated carbocycles. The number of nitrogens with zero attached hydrogens (tertiary/aromatic N) is 1. The first kappa shape index (κ1) is 12.8. The van der Waals surface area contributed by atoms with Crippen LogP contribution in [0.4, 0.5) is 5.69 Å². The molecular weight excluding hydrogens is 256 g/mol. The second-order valence-corrected chi connectivity index (χ2v) is 6.32. The summed E-state index contributed by atoms with van der Waals surface area (Å²) in [5.41, 5.74) is 1.59. The summed E-state index contributed by atoms with van der Waals surface area (Å²) >= 11 is 6.07. The van der Waals surface area contributed by atoms with Gasteiger partial charge in [0.15, 0.2) is 0 Å². The first-order valence-corrected chi connectivity index (χ1v) is 7.60. The monoisotopic (exact) mass is 274 g/mol. The van der Waals surface area contributed by atoms with Crippen molar-refractivity contribution in [2.45, 2.75) is 44.6 Å². The van der Waals surface area contributed by atoms with Gasteiger partial charge >= 0.3 is 0 Å². The summed E-state index contributed by atoms with van der Waals surface area (Å²) in [5.74, 6) is 1.94. The number of halogens is 1. The van der Waals surface area contributed by atoms with Gasteiger partial charge < -0.3 is 5.32 Å². The van der Waals surface area contributed by atoms with Gasteiger partial charge in [0.25, 0.3) is 0 Å². The van der Waals surface area contributed by atoms with Crippen LogP contribution in [0, 0.1) is 23.2 Å². The SMILES string of the molecule is N#Cc1ccc(NC2CCCC(C3CC3)C2)cc1Cl. The standard InChI is InChI=1S/C16H19ClN2/c17-16-9-15(7-6-13(16)10-18)19-14-3-1-2-12(8-14)11-4-5-11/h6-7,9,11-12,14,19H,1-5,8H2. The summed E-state index contributed by atoms with van der Waals surface area (Å²) in [6.07, 6.45) is 8.18. The Bertz CT molecular complexity index is 502. The summed E-state index contributed by atoms with van der Waals surface area (Å²) in [4.78, 5) is 0. The maximum atomic E-state index is 8.88. The van der Waals surface area contributed by atoms with E-state index in [9.17, 15) is 0 Å². The Morgan fingerprint density at radius 1 is 1.16 bits per heavy atom. The molecular formula is C16H19ClN2. The Kier molecular flexibility index (Phi) is 3.66. The van der Waals surface area contributed by atoms with Crippen molar-refractivity contribution in [3.63, 3.8) is 0 Å². The molecule has 2 aliphatic carbocycles. The van der Waals surface area contributed by atoms with Gasteiger partial charge in [-0.1, -0.05) is 24.4 Å². The summed E-state index contributed by atoms with van der Waals surface area (Å²) < 4.78 is 0. The lowest BCUT2D eigenvalue weighted by molar-refractivity contribution is 0.303. The molecule has 0 radical (unpaired) electrons. The van der Waals surface area contributed by atoms with Crippen molar-refractivity contribution in [1.29, 1.82) is 5.26 Å². The van der Waals surface area contributed by atoms with Crippen molar-refractivity contribution in [2.75, 3.05) is 5.32 Å². The quantitative estimate of drug-likeness (QED) is 0.875. The zero-order valence-corrected chi connectivity index (χ0v) is 11.8. The van der Waals surface area contributed by atoms with E-state index in [1.54, 1.807) is 6.07 Å². The van der Waals surface area contributed by atoms with Gasteiger partial charge in [-0.2, -0.15) is 5.26 Å². The van der Waals surface area contributed by atoms with Crippen LogP contribution in [0.1, 0.15) is 44.1 Å². The molecule has 0 bridgehead atoms. The van der Waals surface area contributed by atoms with Crippen LogP contribution in [-0.2, 0) is 0 Å². The lowest BCUT2D eigenvalue weighted by Gasteiger charge is -2.30. The van der Waals surface area contributed by atoms with Gasteiger partial charge in [-0.25, -0.2) is 0 Å². The molecule has 1 N–H and O–H groups in total. The van der Waals surface area contributed by atoms with E-state index in [1.165, 1.54) is 38.5 Å². The van der Waals surface area contributed by atoms with Gasteiger partial charge in [0, 0.05) is 11.7 Å². The predicted molar refractivity (Wildman–Crippen MR) is 78.3 cm³/mol. The topological polar surface area (TPSA) is 35.8 Å². The highest BCUT2D eigenvalue weighted by Gasteiger charge is 2.34. The van der Waals surface area contributed by atoms with Crippen LogP contribution >= 0.6 is 11.6 Å². The minimum absolute atomic E-state index is 0.544. The maximum absolute atomic E-state index is 8.88. The van der Waals surface area contributed by atoms with Gasteiger partial charge in [-0.3, -0.25) is 0 Å². The van der Waals surface area contributed by atoms with Crippen molar-refractivity contribution in [3.8, 4) is 6.07 Å². The third-order valence-electron chi connectivity index (χ3n) is 4.46. The molecule has 0 aliphatic heterocycles. The Balaban J connectivity index is 1.64. The number of hydrogen-bond donors (Lipinski definition) is 1. The molecule has 0 saturated heterocycles. The van der Waals surface area contributed by atoms with Crippen LogP contribution in [0.3, 0.4) is 0 Å². The highest BCUT2D eigenvalue weighted by atomic mass is 35.5. The van der Waals surface area contributed by atoms with Gasteiger partial charge in [0.1, 0.15) is 6.07 Å². The van der Waals surface area contributed by atoms with Crippen molar-refractivity contribution in [3.05, 3.63) is 28.8 Å². The van der Waals surface area contributed by atoms with Gasteiger partial charge in [0.2, 0.25) is 0 Å². The second kappa shape index (κ2) is 5.43. The fourth-order valence-electron chi connectivity index (χ4n) is 3.29. The minimum atomic E-state index is 0.544. The Morgan fingerprint density at radius 3 is 2.68 bits per heavy atom. The third kappa shape index (κ3) is 3.04. The molecule has 0 aromatic heterocycles. The number of nitriles is 1. The summed E-state index contributed by atoms with van der Waals surface area (Å²) in [7, 11) is 0. The molecule has 100 valence electrons. The highest BCUT2D eigenvalue weighted by Crippen LogP contribution is 2.44. The van der Waals surface area contributed by atoms with Crippen LogP contribution in [0.25, 0.3) is 0 Å². The molecule has 2 unspecified atom stereocenters. The summed E-state index contributed by atoms with van der Waals surface area (Å²) in [6.45, 7) is 0. The zero-order chi connectivity index (χ0) is 13.2. The molecule has 0 heterocycles. The van der Waals surface area contributed by atoms with Crippen molar-refractivity contribution in [1.82, 2.24) is 0 Å². The minimum Gasteiger partial charge on any atom is -0.382 e. The van der Waals surface area contributed by atoms with E-state index in [4.69, 9.17) is 16.9 Å². The molecule has 2 aliphatic rings. The third-order valence-corrected chi connectivity index (χ3v) is 4.78. The molecule has 3 heteroatoms. The van der Waals surface area contributed by atoms with Crippen LogP contribution < -0.4 is 5.32 Å². The lowest BCUT2D eigenvalue weighted by Crippen LogP contribution is -2.28. The summed E-state index contributed by atoms with van der Waals surface area (Å²) in [6, 6.07) is 8.31. The number of rotatable bonds is 3. The zero-order valence-electron chi connectivity index (χ0n) is 11.0. The first-order chi connectivity index (χ1) is 9.26. The van der Waals surface area contributed by atoms with Crippen molar-refractivity contribution < 1.29 is 0 Å². The van der Waals surface area contributed by atoms with Gasteiger partial charge in [0.05, 0.1) is 10.6 Å². The molecule has 1 aromatic rings. The highest BCUT2D eigenvalue weighted by molar-refractivity contribution is 6.32. The van der Waals surface area contributed by atoms with Crippen LogP contribution in [0.15, 0.2) is 18.2 Å². The largest absolute Gasteiger partial charge is 0.382 e. The summed E-state index contributed by atoms with van der Waals surface area (Å²) in [5, 5.41) is 13.0. The fraction of sp³-hybridized carbons (Fsp3) is 0.562. The van der Waals surface area contributed by atoms with E-state index >= 15 is 0 Å². The Hall–Kier alpha value is -1.20. The van der Waals surface area contributed by atoms with Crippen molar-refractivity contribution in [2.24, 2.45) is 11.8 Å². The Labute approximate surface area is 119 Å². The van der Waals surface area contributed by atoms with Crippen LogP contribution in [0.5, 0.6) is 0 Å². The second-order valence-electron chi connectivity index (χ2n) is 5.91. The van der Waals surface area contributed by atoms with E-state index in [0.717, 1.165) is 17.5 Å². The Morgan fingerprint density at radius 2 is 2.00 bits per heavy atom. The molecule has 19 heavy (non-hydrogen) atoms. The lowest BCUT2D eigenvalue weighted by atomic mass is 9.82. The maximum Gasteiger partial charge on any atom is 0.101 e. The molecule has 0 amide bonds. The molecule has 2 atom stereocenters. The molecule has 2 nitrogen and oxygen atoms in total. The van der Waals surface area contributed by atoms with Gasteiger partial charge in [-0.15, -0.1) is 0 Å². The molecule has 1 aromatic carbocycles. The normalized spacial score (nSPS) is 26.7. The van der Waals surface area contributed by atoms with Gasteiger partial charge in [-0.05, 0) is 55.7 Å². The predicted octanol–water partition coefficient (Wildman–Crippen LogP) is 4.59. The number of benzene rings is 1. The molecule has 3 rings (SSSR count). The average Bonchev–Trinajstić information content (AvgIpc) is 3.24. The van der Waals surface area contributed by atoms with Crippen molar-refractivity contribution >= 4 is 17.3 Å². The smallest absolute Gasteiger partial charge is 0.101 e. The number of anilines is 1. The fourth-order valence-corrected chi connectivity index (χ4v) is 3.51. The molecule has 0 spiro atoms. The molecule has 2 fully saturated rings. The van der Waals surface area contributed by atoms with E-state index in [-0.39, 0.29) is 0 Å². The van der Waals surface area contributed by atoms with E-state index < -0.39 is 0 Å². The number of hydrogen-bond acceptors (Lipinski definition) is 2. The number of nitrogens with one attached hydrogen (secondary N) is 1. The van der Waals surface area contributed by atoms with E-state index in [0.29, 0.717) is 16.6 Å². The van der Waals surface area contributed by atoms with Crippen LogP contribution in [-0.4, -0.2) is 6.04 Å². The first-order valence-electron chi connectivity index (χ1n) is 7.22.